The predicted octanol–water partition coefficient (Wildman–Crippen LogP) is 2.27. The molecule has 1 aromatic rings. The number of nitro groups is 1. The van der Waals surface area contributed by atoms with Gasteiger partial charge in [0, 0.05) is 32.8 Å². The quantitative estimate of drug-likeness (QED) is 0.517. The van der Waals surface area contributed by atoms with Crippen LogP contribution in [0.25, 0.3) is 0 Å². The van der Waals surface area contributed by atoms with Gasteiger partial charge in [0.2, 0.25) is 0 Å². The zero-order valence-corrected chi connectivity index (χ0v) is 15.3. The van der Waals surface area contributed by atoms with Crippen LogP contribution < -0.4 is 5.32 Å². The zero-order valence-electron chi connectivity index (χ0n) is 14.5. The number of anilines is 1. The minimum Gasteiger partial charge on any atom is -0.383 e. The van der Waals surface area contributed by atoms with E-state index in [9.17, 15) is 31.7 Å². The van der Waals surface area contributed by atoms with E-state index >= 15 is 0 Å². The normalized spacial score (nSPS) is 18.6. The molecule has 0 bridgehead atoms. The van der Waals surface area contributed by atoms with Crippen molar-refractivity contribution < 1.29 is 31.2 Å². The number of rotatable bonds is 8. The molecule has 0 radical (unpaired) electrons. The lowest BCUT2D eigenvalue weighted by molar-refractivity contribution is -0.384. The van der Waals surface area contributed by atoms with E-state index in [2.05, 4.69) is 10.2 Å². The summed E-state index contributed by atoms with van der Waals surface area (Å²) >= 11 is 0. The van der Waals surface area contributed by atoms with Crippen molar-refractivity contribution in [3.63, 3.8) is 0 Å². The molecule has 0 unspecified atom stereocenters. The number of halogens is 3. The summed E-state index contributed by atoms with van der Waals surface area (Å²) in [6.45, 7) is 3.39. The van der Waals surface area contributed by atoms with Gasteiger partial charge in [-0.15, -0.1) is 0 Å². The number of benzene rings is 1. The van der Waals surface area contributed by atoms with E-state index in [1.807, 2.05) is 0 Å². The molecule has 1 N–H and O–H groups in total. The van der Waals surface area contributed by atoms with Crippen LogP contribution in [0.15, 0.2) is 23.1 Å². The van der Waals surface area contributed by atoms with Gasteiger partial charge in [0.1, 0.15) is 5.69 Å². The van der Waals surface area contributed by atoms with Crippen molar-refractivity contribution in [2.24, 2.45) is 5.92 Å². The fraction of sp³-hybridized carbons (Fsp3) is 0.600. The summed E-state index contributed by atoms with van der Waals surface area (Å²) in [5.41, 5.74) is -6.25. The Hall–Kier alpha value is -1.92. The van der Waals surface area contributed by atoms with Gasteiger partial charge < -0.3 is 15.0 Å². The monoisotopic (exact) mass is 411 g/mol. The second-order valence-corrected chi connectivity index (χ2v) is 8.16. The first-order valence-electron chi connectivity index (χ1n) is 8.11. The van der Waals surface area contributed by atoms with E-state index < -0.39 is 30.9 Å². The predicted molar refractivity (Wildman–Crippen MR) is 91.2 cm³/mol. The van der Waals surface area contributed by atoms with Crippen molar-refractivity contribution in [1.29, 1.82) is 0 Å². The van der Waals surface area contributed by atoms with Crippen LogP contribution in [-0.2, 0) is 14.6 Å². The highest BCUT2D eigenvalue weighted by molar-refractivity contribution is 7.92. The number of nitrogens with one attached hydrogen (secondary N) is 1. The maximum atomic E-state index is 12.6. The summed E-state index contributed by atoms with van der Waals surface area (Å²) in [5, 5.41) is 14.0. The Kier molecular flexibility index (Phi) is 6.65. The molecule has 12 heteroatoms. The molecule has 1 aliphatic heterocycles. The fourth-order valence-electron chi connectivity index (χ4n) is 2.87. The molecular weight excluding hydrogens is 391 g/mol. The van der Waals surface area contributed by atoms with Crippen LogP contribution in [0.4, 0.5) is 24.5 Å². The first-order chi connectivity index (χ1) is 12.6. The molecule has 1 fully saturated rings. The summed E-state index contributed by atoms with van der Waals surface area (Å²) in [6, 6.07) is 2.15. The highest BCUT2D eigenvalue weighted by Gasteiger charge is 2.47. The van der Waals surface area contributed by atoms with Gasteiger partial charge in [-0.3, -0.25) is 10.1 Å². The van der Waals surface area contributed by atoms with Crippen molar-refractivity contribution in [2.45, 2.75) is 16.8 Å². The molecule has 152 valence electrons. The van der Waals surface area contributed by atoms with Gasteiger partial charge in [0.25, 0.3) is 15.5 Å². The van der Waals surface area contributed by atoms with Crippen LogP contribution in [-0.4, -0.2) is 63.6 Å². The Labute approximate surface area is 154 Å². The number of alkyl halides is 3. The van der Waals surface area contributed by atoms with Gasteiger partial charge >= 0.3 is 5.51 Å². The number of hydrogen-bond acceptors (Lipinski definition) is 7. The van der Waals surface area contributed by atoms with Crippen molar-refractivity contribution in [3.05, 3.63) is 28.3 Å². The van der Waals surface area contributed by atoms with E-state index in [-0.39, 0.29) is 11.6 Å². The lowest BCUT2D eigenvalue weighted by Crippen LogP contribution is -2.26. The van der Waals surface area contributed by atoms with Crippen molar-refractivity contribution >= 4 is 21.2 Å². The smallest absolute Gasteiger partial charge is 0.383 e. The van der Waals surface area contributed by atoms with Crippen LogP contribution in [0.3, 0.4) is 0 Å². The van der Waals surface area contributed by atoms with E-state index in [1.165, 1.54) is 0 Å². The number of nitro benzene ring substituents is 1. The molecule has 0 aliphatic carbocycles. The van der Waals surface area contributed by atoms with Crippen LogP contribution >= 0.6 is 0 Å². The molecule has 1 atom stereocenters. The van der Waals surface area contributed by atoms with E-state index in [0.29, 0.717) is 19.2 Å². The SMILES string of the molecule is COCCN1CC[C@H](CNc2ccc(S(=O)(=O)C(F)(F)F)cc2[N+](=O)[O-])C1. The molecule has 27 heavy (non-hydrogen) atoms. The Bertz CT molecular complexity index is 785. The summed E-state index contributed by atoms with van der Waals surface area (Å²) < 4.78 is 65.8. The second kappa shape index (κ2) is 8.40. The van der Waals surface area contributed by atoms with E-state index in [1.54, 1.807) is 7.11 Å². The molecular formula is C15H20F3N3O5S. The van der Waals surface area contributed by atoms with Crippen LogP contribution in [0.2, 0.25) is 0 Å². The Balaban J connectivity index is 2.11. The number of likely N-dealkylation sites (tertiary alicyclic amines) is 1. The fourth-order valence-corrected chi connectivity index (χ4v) is 3.65. The number of ether oxygens (including phenoxy) is 1. The minimum absolute atomic E-state index is 0.0172. The Morgan fingerprint density at radius 2 is 2.11 bits per heavy atom. The largest absolute Gasteiger partial charge is 0.501 e. The molecule has 2 rings (SSSR count). The number of sulfone groups is 1. The average molecular weight is 411 g/mol. The Morgan fingerprint density at radius 3 is 2.70 bits per heavy atom. The molecule has 0 spiro atoms. The van der Waals surface area contributed by atoms with E-state index in [0.717, 1.165) is 38.2 Å². The summed E-state index contributed by atoms with van der Waals surface area (Å²) in [5.74, 6) is 0.208. The van der Waals surface area contributed by atoms with Gasteiger partial charge in [-0.25, -0.2) is 8.42 Å². The maximum absolute atomic E-state index is 12.6. The third-order valence-corrected chi connectivity index (χ3v) is 5.83. The molecule has 0 aromatic heterocycles. The molecule has 1 aromatic carbocycles. The lowest BCUT2D eigenvalue weighted by atomic mass is 10.1. The van der Waals surface area contributed by atoms with Gasteiger partial charge in [-0.2, -0.15) is 13.2 Å². The molecule has 1 aliphatic rings. The molecule has 1 saturated heterocycles. The third kappa shape index (κ3) is 5.08. The number of hydrogen-bond donors (Lipinski definition) is 1. The summed E-state index contributed by atoms with van der Waals surface area (Å²) in [7, 11) is -4.04. The van der Waals surface area contributed by atoms with Gasteiger partial charge in [0.15, 0.2) is 0 Å². The Morgan fingerprint density at radius 1 is 1.41 bits per heavy atom. The first kappa shape index (κ1) is 21.4. The highest BCUT2D eigenvalue weighted by Crippen LogP contribution is 2.34. The zero-order chi connectivity index (χ0) is 20.2. The van der Waals surface area contributed by atoms with Crippen LogP contribution in [0.1, 0.15) is 6.42 Å². The highest BCUT2D eigenvalue weighted by atomic mass is 32.2. The van der Waals surface area contributed by atoms with E-state index in [4.69, 9.17) is 4.74 Å². The van der Waals surface area contributed by atoms with Crippen molar-refractivity contribution in [1.82, 2.24) is 4.90 Å². The topological polar surface area (TPSA) is 102 Å². The molecule has 8 nitrogen and oxygen atoms in total. The van der Waals surface area contributed by atoms with Gasteiger partial charge in [-0.1, -0.05) is 0 Å². The third-order valence-electron chi connectivity index (χ3n) is 4.34. The van der Waals surface area contributed by atoms with Crippen molar-refractivity contribution in [3.8, 4) is 0 Å². The van der Waals surface area contributed by atoms with Crippen LogP contribution in [0, 0.1) is 16.0 Å². The van der Waals surface area contributed by atoms with Gasteiger partial charge in [-0.05, 0) is 31.0 Å². The van der Waals surface area contributed by atoms with Crippen LogP contribution in [0.5, 0.6) is 0 Å². The standard InChI is InChI=1S/C15H20F3N3O5S/c1-26-7-6-20-5-4-11(10-20)9-19-13-3-2-12(8-14(13)21(22)23)27(24,25)15(16,17)18/h2-3,8,11,19H,4-7,9-10H2,1H3/t11-/m1/s1. The minimum atomic E-state index is -5.65. The molecule has 1 heterocycles. The molecule has 0 saturated carbocycles. The summed E-state index contributed by atoms with van der Waals surface area (Å²) in [6.07, 6.45) is 0.866. The number of methoxy groups -OCH3 is 1. The second-order valence-electron chi connectivity index (χ2n) is 6.21. The molecule has 0 amide bonds. The maximum Gasteiger partial charge on any atom is 0.501 e. The van der Waals surface area contributed by atoms with Crippen molar-refractivity contribution in [2.75, 3.05) is 45.2 Å². The summed E-state index contributed by atoms with van der Waals surface area (Å²) in [4.78, 5) is 11.3. The van der Waals surface area contributed by atoms with Gasteiger partial charge in [0.05, 0.1) is 16.4 Å². The lowest BCUT2D eigenvalue weighted by Gasteiger charge is -2.16. The number of nitrogens with zero attached hydrogens (tertiary/aromatic N) is 2. The first-order valence-corrected chi connectivity index (χ1v) is 9.59. The average Bonchev–Trinajstić information content (AvgIpc) is 3.04.